The largest absolute Gasteiger partial charge is 0.494 e. The number of carbonyl (C=O) groups excluding carboxylic acids is 1. The zero-order valence-electron chi connectivity index (χ0n) is 14.0. The van der Waals surface area contributed by atoms with Gasteiger partial charge in [0.25, 0.3) is 0 Å². The second-order valence-electron chi connectivity index (χ2n) is 6.00. The molecule has 0 bridgehead atoms. The molecule has 0 unspecified atom stereocenters. The molecule has 0 N–H and O–H groups in total. The van der Waals surface area contributed by atoms with Gasteiger partial charge in [0.15, 0.2) is 6.61 Å². The Hall–Kier alpha value is -2.23. The van der Waals surface area contributed by atoms with E-state index in [4.69, 9.17) is 9.47 Å². The van der Waals surface area contributed by atoms with Gasteiger partial charge in [-0.2, -0.15) is 0 Å². The summed E-state index contributed by atoms with van der Waals surface area (Å²) < 4.78 is 13.3. The van der Waals surface area contributed by atoms with E-state index in [-0.39, 0.29) is 12.4 Å². The van der Waals surface area contributed by atoms with Crippen LogP contribution in [0.2, 0.25) is 0 Å². The van der Waals surface area contributed by atoms with Crippen LogP contribution in [-0.2, 0) is 0 Å². The molecule has 122 valence electrons. The van der Waals surface area contributed by atoms with Crippen LogP contribution >= 0.6 is 0 Å². The minimum atomic E-state index is 0.0267. The van der Waals surface area contributed by atoms with Gasteiger partial charge in [0.2, 0.25) is 5.78 Å². The van der Waals surface area contributed by atoms with E-state index in [0.717, 1.165) is 22.7 Å². The van der Waals surface area contributed by atoms with Crippen LogP contribution in [0.15, 0.2) is 30.3 Å². The Kier molecular flexibility index (Phi) is 4.42. The highest BCUT2D eigenvalue weighted by atomic mass is 16.5. The quantitative estimate of drug-likeness (QED) is 0.723. The maximum atomic E-state index is 12.5. The van der Waals surface area contributed by atoms with Crippen molar-refractivity contribution in [2.24, 2.45) is 0 Å². The molecule has 4 nitrogen and oxygen atoms in total. The molecule has 0 radical (unpaired) electrons. The number of aryl methyl sites for hydroxylation is 1. The number of rotatable bonds is 7. The third kappa shape index (κ3) is 3.41. The van der Waals surface area contributed by atoms with Crippen LogP contribution in [0.5, 0.6) is 11.5 Å². The Labute approximate surface area is 137 Å². The molecule has 0 amide bonds. The summed E-state index contributed by atoms with van der Waals surface area (Å²) in [6.07, 6.45) is 2.43. The molecule has 1 fully saturated rings. The Morgan fingerprint density at radius 3 is 2.30 bits per heavy atom. The summed E-state index contributed by atoms with van der Waals surface area (Å²) in [5.74, 6) is 1.51. The molecule has 1 aliphatic rings. The summed E-state index contributed by atoms with van der Waals surface area (Å²) in [5.41, 5.74) is 3.00. The fourth-order valence-electron chi connectivity index (χ4n) is 2.98. The fourth-order valence-corrected chi connectivity index (χ4v) is 2.98. The summed E-state index contributed by atoms with van der Waals surface area (Å²) in [5, 5.41) is 0. The van der Waals surface area contributed by atoms with E-state index in [2.05, 4.69) is 11.5 Å². The first-order valence-corrected chi connectivity index (χ1v) is 8.17. The Morgan fingerprint density at radius 2 is 1.74 bits per heavy atom. The Bertz CT molecular complexity index is 696. The number of aromatic nitrogens is 1. The van der Waals surface area contributed by atoms with Crippen LogP contribution in [0.4, 0.5) is 0 Å². The lowest BCUT2D eigenvalue weighted by atomic mass is 10.1. The highest BCUT2D eigenvalue weighted by molar-refractivity contribution is 5.98. The summed E-state index contributed by atoms with van der Waals surface area (Å²) in [6, 6.07) is 9.92. The van der Waals surface area contributed by atoms with E-state index < -0.39 is 0 Å². The number of nitrogens with zero attached hydrogens (tertiary/aromatic N) is 1. The molecule has 0 aliphatic heterocycles. The average molecular weight is 313 g/mol. The summed E-state index contributed by atoms with van der Waals surface area (Å²) in [7, 11) is 0. The van der Waals surface area contributed by atoms with Crippen LogP contribution in [0.1, 0.15) is 47.6 Å². The smallest absolute Gasteiger partial charge is 0.202 e. The second kappa shape index (κ2) is 6.49. The molecular weight excluding hydrogens is 290 g/mol. The minimum Gasteiger partial charge on any atom is -0.494 e. The molecule has 0 saturated heterocycles. The zero-order valence-corrected chi connectivity index (χ0v) is 14.0. The van der Waals surface area contributed by atoms with E-state index in [1.54, 1.807) is 0 Å². The van der Waals surface area contributed by atoms with Crippen molar-refractivity contribution in [1.29, 1.82) is 0 Å². The van der Waals surface area contributed by atoms with Crippen LogP contribution in [-0.4, -0.2) is 23.6 Å². The number of ketones is 1. The maximum Gasteiger partial charge on any atom is 0.202 e. The molecule has 3 rings (SSSR count). The molecule has 23 heavy (non-hydrogen) atoms. The third-order valence-electron chi connectivity index (χ3n) is 4.20. The third-order valence-corrected chi connectivity index (χ3v) is 4.20. The summed E-state index contributed by atoms with van der Waals surface area (Å²) in [6.45, 7) is 6.73. The first-order valence-electron chi connectivity index (χ1n) is 8.17. The first-order chi connectivity index (χ1) is 11.1. The molecule has 1 aliphatic carbocycles. The van der Waals surface area contributed by atoms with Gasteiger partial charge in [-0.25, -0.2) is 0 Å². The van der Waals surface area contributed by atoms with Gasteiger partial charge in [0.1, 0.15) is 11.5 Å². The highest BCUT2D eigenvalue weighted by Crippen LogP contribution is 2.38. The maximum absolute atomic E-state index is 12.5. The van der Waals surface area contributed by atoms with Crippen molar-refractivity contribution < 1.29 is 14.3 Å². The normalized spacial score (nSPS) is 13.9. The number of benzene rings is 1. The van der Waals surface area contributed by atoms with E-state index in [1.165, 1.54) is 12.8 Å². The van der Waals surface area contributed by atoms with Gasteiger partial charge in [0.05, 0.1) is 6.61 Å². The van der Waals surface area contributed by atoms with E-state index >= 15 is 0 Å². The van der Waals surface area contributed by atoms with Gasteiger partial charge in [-0.1, -0.05) is 0 Å². The molecule has 0 atom stereocenters. The molecule has 1 aromatic carbocycles. The molecule has 4 heteroatoms. The van der Waals surface area contributed by atoms with Crippen LogP contribution in [0.3, 0.4) is 0 Å². The fraction of sp³-hybridized carbons (Fsp3) is 0.421. The number of ether oxygens (including phenoxy) is 2. The topological polar surface area (TPSA) is 40.5 Å². The second-order valence-corrected chi connectivity index (χ2v) is 6.00. The van der Waals surface area contributed by atoms with Crippen molar-refractivity contribution in [2.45, 2.75) is 39.7 Å². The van der Waals surface area contributed by atoms with Gasteiger partial charge in [-0.05, 0) is 63.9 Å². The van der Waals surface area contributed by atoms with E-state index in [1.807, 2.05) is 44.2 Å². The Balaban J connectivity index is 1.64. The van der Waals surface area contributed by atoms with Crippen molar-refractivity contribution in [3.63, 3.8) is 0 Å². The predicted molar refractivity (Wildman–Crippen MR) is 89.6 cm³/mol. The van der Waals surface area contributed by atoms with Gasteiger partial charge in [-0.3, -0.25) is 4.79 Å². The van der Waals surface area contributed by atoms with E-state index in [9.17, 15) is 4.79 Å². The number of hydrogen-bond acceptors (Lipinski definition) is 3. The van der Waals surface area contributed by atoms with Crippen molar-refractivity contribution >= 4 is 5.78 Å². The minimum absolute atomic E-state index is 0.0267. The number of Topliss-reactive ketones (excluding diaryl/α,β-unsaturated/α-hetero) is 1. The highest BCUT2D eigenvalue weighted by Gasteiger charge is 2.28. The molecule has 1 saturated carbocycles. The van der Waals surface area contributed by atoms with Crippen LogP contribution in [0, 0.1) is 13.8 Å². The lowest BCUT2D eigenvalue weighted by molar-refractivity contribution is 0.0921. The monoisotopic (exact) mass is 313 g/mol. The summed E-state index contributed by atoms with van der Waals surface area (Å²) >= 11 is 0. The van der Waals surface area contributed by atoms with Crippen molar-refractivity contribution in [3.8, 4) is 11.5 Å². The van der Waals surface area contributed by atoms with Gasteiger partial charge in [0, 0.05) is 23.0 Å². The molecule has 0 spiro atoms. The van der Waals surface area contributed by atoms with Crippen LogP contribution < -0.4 is 9.47 Å². The summed E-state index contributed by atoms with van der Waals surface area (Å²) in [4.78, 5) is 12.5. The van der Waals surface area contributed by atoms with Crippen molar-refractivity contribution in [2.75, 3.05) is 13.2 Å². The van der Waals surface area contributed by atoms with Crippen molar-refractivity contribution in [1.82, 2.24) is 4.57 Å². The molecule has 1 aromatic heterocycles. The van der Waals surface area contributed by atoms with Crippen molar-refractivity contribution in [3.05, 3.63) is 47.3 Å². The van der Waals surface area contributed by atoms with Gasteiger partial charge in [-0.15, -0.1) is 0 Å². The first kappa shape index (κ1) is 15.7. The zero-order chi connectivity index (χ0) is 16.4. The van der Waals surface area contributed by atoms with Crippen LogP contribution in [0.25, 0.3) is 0 Å². The predicted octanol–water partition coefficient (Wildman–Crippen LogP) is 4.10. The SMILES string of the molecule is CCOc1ccc(OCC(=O)c2cc(C)n(C3CC3)c2C)cc1. The number of hydrogen-bond donors (Lipinski definition) is 0. The van der Waals surface area contributed by atoms with Gasteiger partial charge >= 0.3 is 0 Å². The molecular formula is C19H23NO3. The van der Waals surface area contributed by atoms with E-state index in [0.29, 0.717) is 18.4 Å². The lowest BCUT2D eigenvalue weighted by Crippen LogP contribution is -2.12. The molecule has 1 heterocycles. The van der Waals surface area contributed by atoms with Gasteiger partial charge < -0.3 is 14.0 Å². The standard InChI is InChI=1S/C19H23NO3/c1-4-22-16-7-9-17(10-8-16)23-12-19(21)18-11-13(2)20(14(18)3)15-5-6-15/h7-11,15H,4-6,12H2,1-3H3. The Morgan fingerprint density at radius 1 is 1.13 bits per heavy atom. The average Bonchev–Trinajstić information content (AvgIpc) is 3.32. The lowest BCUT2D eigenvalue weighted by Gasteiger charge is -2.09. The number of carbonyl (C=O) groups is 1. The molecule has 2 aromatic rings.